The minimum atomic E-state index is -0.282. The van der Waals surface area contributed by atoms with Crippen LogP contribution in [0.25, 0.3) is 0 Å². The van der Waals surface area contributed by atoms with Crippen molar-refractivity contribution in [3.8, 4) is 0 Å². The fourth-order valence-electron chi connectivity index (χ4n) is 1.79. The number of hydrogen-bond acceptors (Lipinski definition) is 4. The first-order chi connectivity index (χ1) is 9.56. The zero-order valence-corrected chi connectivity index (χ0v) is 11.4. The number of nitrogens with one attached hydrogen (secondary N) is 2. The molecule has 7 heteroatoms. The van der Waals surface area contributed by atoms with Gasteiger partial charge in [0.15, 0.2) is 0 Å². The molecule has 0 radical (unpaired) electrons. The lowest BCUT2D eigenvalue weighted by atomic mass is 10.3. The van der Waals surface area contributed by atoms with Gasteiger partial charge in [-0.1, -0.05) is 0 Å². The third-order valence-electron chi connectivity index (χ3n) is 3.07. The number of rotatable bonds is 6. The van der Waals surface area contributed by atoms with Crippen LogP contribution in [0.1, 0.15) is 31.4 Å². The van der Waals surface area contributed by atoms with E-state index < -0.39 is 0 Å². The highest BCUT2D eigenvalue weighted by molar-refractivity contribution is 5.83. The smallest absolute Gasteiger partial charge is 0.253 e. The third kappa shape index (κ3) is 4.18. The van der Waals surface area contributed by atoms with Gasteiger partial charge in [-0.3, -0.25) is 19.0 Å². The molecule has 1 saturated carbocycles. The number of amides is 2. The first kappa shape index (κ1) is 14.2. The minimum absolute atomic E-state index is 0.0525. The molecule has 20 heavy (non-hydrogen) atoms. The summed E-state index contributed by atoms with van der Waals surface area (Å²) in [6.07, 6.45) is 3.74. The van der Waals surface area contributed by atoms with E-state index in [0.29, 0.717) is 19.0 Å². The van der Waals surface area contributed by atoms with Gasteiger partial charge < -0.3 is 10.6 Å². The summed E-state index contributed by atoms with van der Waals surface area (Å²) in [6.45, 7) is 1.98. The van der Waals surface area contributed by atoms with Crippen LogP contribution in [0.4, 0.5) is 0 Å². The summed E-state index contributed by atoms with van der Waals surface area (Å²) >= 11 is 0. The van der Waals surface area contributed by atoms with Crippen LogP contribution in [0.15, 0.2) is 17.2 Å². The molecule has 2 amide bonds. The fraction of sp³-hybridized carbons (Fsp3) is 0.538. The Labute approximate surface area is 116 Å². The number of aromatic nitrogens is 2. The van der Waals surface area contributed by atoms with Crippen molar-refractivity contribution in [1.82, 2.24) is 20.2 Å². The highest BCUT2D eigenvalue weighted by Crippen LogP contribution is 2.38. The molecule has 2 rings (SSSR count). The van der Waals surface area contributed by atoms with Crippen LogP contribution >= 0.6 is 0 Å². The van der Waals surface area contributed by atoms with Crippen LogP contribution < -0.4 is 16.2 Å². The van der Waals surface area contributed by atoms with Crippen molar-refractivity contribution in [2.45, 2.75) is 32.2 Å². The van der Waals surface area contributed by atoms with Gasteiger partial charge in [-0.2, -0.15) is 0 Å². The Kier molecular flexibility index (Phi) is 4.49. The molecule has 1 aromatic rings. The van der Waals surface area contributed by atoms with Gasteiger partial charge in [-0.05, 0) is 12.8 Å². The second-order valence-corrected chi connectivity index (χ2v) is 4.88. The molecule has 0 saturated heterocycles. The van der Waals surface area contributed by atoms with Crippen molar-refractivity contribution >= 4 is 11.8 Å². The summed E-state index contributed by atoms with van der Waals surface area (Å²) in [5, 5.41) is 5.02. The fourth-order valence-corrected chi connectivity index (χ4v) is 1.79. The first-order valence-corrected chi connectivity index (χ1v) is 6.64. The van der Waals surface area contributed by atoms with Crippen LogP contribution in [0.2, 0.25) is 0 Å². The quantitative estimate of drug-likeness (QED) is 0.725. The van der Waals surface area contributed by atoms with E-state index >= 15 is 0 Å². The molecule has 0 bridgehead atoms. The summed E-state index contributed by atoms with van der Waals surface area (Å²) in [5.41, 5.74) is 0.763. The van der Waals surface area contributed by atoms with Gasteiger partial charge >= 0.3 is 0 Å². The molecule has 1 fully saturated rings. The molecule has 1 heterocycles. The Morgan fingerprint density at radius 1 is 1.40 bits per heavy atom. The van der Waals surface area contributed by atoms with Gasteiger partial charge in [-0.15, -0.1) is 0 Å². The average molecular weight is 278 g/mol. The second-order valence-electron chi connectivity index (χ2n) is 4.88. The van der Waals surface area contributed by atoms with E-state index in [4.69, 9.17) is 0 Å². The molecule has 1 aliphatic rings. The molecule has 0 aliphatic heterocycles. The van der Waals surface area contributed by atoms with Crippen LogP contribution in [-0.4, -0.2) is 34.5 Å². The summed E-state index contributed by atoms with van der Waals surface area (Å²) in [7, 11) is 0. The maximum Gasteiger partial charge on any atom is 0.253 e. The Balaban J connectivity index is 1.77. The van der Waals surface area contributed by atoms with Gasteiger partial charge in [0.05, 0.1) is 18.6 Å². The number of hydrogen-bond donors (Lipinski definition) is 2. The van der Waals surface area contributed by atoms with Crippen molar-refractivity contribution in [2.75, 3.05) is 13.1 Å². The van der Waals surface area contributed by atoms with Crippen LogP contribution in [0, 0.1) is 0 Å². The van der Waals surface area contributed by atoms with Crippen molar-refractivity contribution in [2.24, 2.45) is 0 Å². The maximum atomic E-state index is 11.8. The van der Waals surface area contributed by atoms with Crippen molar-refractivity contribution < 1.29 is 9.59 Å². The van der Waals surface area contributed by atoms with E-state index in [1.165, 1.54) is 17.8 Å². The minimum Gasteiger partial charge on any atom is -0.353 e. The Bertz CT molecular complexity index is 563. The first-order valence-electron chi connectivity index (χ1n) is 6.64. The summed E-state index contributed by atoms with van der Waals surface area (Å²) in [6, 6.07) is 1.57. The lowest BCUT2D eigenvalue weighted by Crippen LogP contribution is -2.38. The van der Waals surface area contributed by atoms with Crippen molar-refractivity contribution in [3.05, 3.63) is 28.4 Å². The monoisotopic (exact) mass is 278 g/mol. The zero-order valence-electron chi connectivity index (χ0n) is 11.4. The second kappa shape index (κ2) is 6.31. The maximum absolute atomic E-state index is 11.8. The van der Waals surface area contributed by atoms with Crippen LogP contribution in [0.5, 0.6) is 0 Å². The lowest BCUT2D eigenvalue weighted by molar-refractivity contribution is -0.125. The Morgan fingerprint density at radius 3 is 2.75 bits per heavy atom. The molecule has 2 N–H and O–H groups in total. The molecule has 0 atom stereocenters. The van der Waals surface area contributed by atoms with Gasteiger partial charge in [0.25, 0.3) is 5.56 Å². The standard InChI is InChI=1S/C13H18N4O3/c1-9(18)15-7-12(19)14-4-5-17-8-16-11(6-13(17)20)10-2-3-10/h6,8,10H,2-5,7H2,1H3,(H,14,19)(H,15,18). The summed E-state index contributed by atoms with van der Waals surface area (Å²) in [5.74, 6) is -0.0817. The Morgan fingerprint density at radius 2 is 2.15 bits per heavy atom. The van der Waals surface area contributed by atoms with E-state index in [2.05, 4.69) is 15.6 Å². The molecule has 7 nitrogen and oxygen atoms in total. The summed E-state index contributed by atoms with van der Waals surface area (Å²) in [4.78, 5) is 38.0. The van der Waals surface area contributed by atoms with Gasteiger partial charge in [-0.25, -0.2) is 4.98 Å². The third-order valence-corrected chi connectivity index (χ3v) is 3.07. The van der Waals surface area contributed by atoms with Crippen LogP contribution in [0.3, 0.4) is 0 Å². The average Bonchev–Trinajstić information content (AvgIpc) is 3.22. The zero-order chi connectivity index (χ0) is 14.5. The van der Waals surface area contributed by atoms with E-state index in [-0.39, 0.29) is 23.9 Å². The molecule has 0 aromatic carbocycles. The molecule has 0 unspecified atom stereocenters. The predicted octanol–water partition coefficient (Wildman–Crippen LogP) is -0.627. The van der Waals surface area contributed by atoms with Crippen molar-refractivity contribution in [3.63, 3.8) is 0 Å². The van der Waals surface area contributed by atoms with E-state index in [1.807, 2.05) is 0 Å². The number of nitrogens with zero attached hydrogens (tertiary/aromatic N) is 2. The van der Waals surface area contributed by atoms with E-state index in [0.717, 1.165) is 18.5 Å². The van der Waals surface area contributed by atoms with Crippen LogP contribution in [-0.2, 0) is 16.1 Å². The number of carbonyl (C=O) groups is 2. The highest BCUT2D eigenvalue weighted by Gasteiger charge is 2.25. The molecule has 1 aliphatic carbocycles. The highest BCUT2D eigenvalue weighted by atomic mass is 16.2. The van der Waals surface area contributed by atoms with E-state index in [1.54, 1.807) is 6.07 Å². The van der Waals surface area contributed by atoms with Crippen molar-refractivity contribution in [1.29, 1.82) is 0 Å². The van der Waals surface area contributed by atoms with Gasteiger partial charge in [0.2, 0.25) is 11.8 Å². The van der Waals surface area contributed by atoms with E-state index in [9.17, 15) is 14.4 Å². The normalized spacial score (nSPS) is 13.8. The van der Waals surface area contributed by atoms with Gasteiger partial charge in [0, 0.05) is 32.0 Å². The summed E-state index contributed by atoms with van der Waals surface area (Å²) < 4.78 is 1.46. The Hall–Kier alpha value is -2.18. The lowest BCUT2D eigenvalue weighted by Gasteiger charge is -2.08. The van der Waals surface area contributed by atoms with Gasteiger partial charge in [0.1, 0.15) is 0 Å². The molecular weight excluding hydrogens is 260 g/mol. The molecule has 1 aromatic heterocycles. The largest absolute Gasteiger partial charge is 0.353 e. The molecule has 108 valence electrons. The number of carbonyl (C=O) groups excluding carboxylic acids is 2. The molecular formula is C13H18N4O3. The SMILES string of the molecule is CC(=O)NCC(=O)NCCn1cnc(C2CC2)cc1=O. The molecule has 0 spiro atoms. The topological polar surface area (TPSA) is 93.1 Å². The predicted molar refractivity (Wildman–Crippen MR) is 72.2 cm³/mol.